The van der Waals surface area contributed by atoms with Crippen molar-refractivity contribution in [3.05, 3.63) is 53.6 Å². The molecule has 0 aliphatic carbocycles. The molecule has 0 spiro atoms. The molecular weight excluding hydrogens is 342 g/mol. The topological polar surface area (TPSA) is 55.3 Å². The van der Waals surface area contributed by atoms with E-state index in [1.54, 1.807) is 28.4 Å². The van der Waals surface area contributed by atoms with Gasteiger partial charge in [0.15, 0.2) is 5.96 Å². The molecule has 2 aromatic rings. The van der Waals surface area contributed by atoms with Crippen molar-refractivity contribution >= 4 is 5.96 Å². The quantitative estimate of drug-likeness (QED) is 0.571. The molecule has 0 aliphatic rings. The predicted octanol–water partition coefficient (Wildman–Crippen LogP) is 2.96. The first-order chi connectivity index (χ1) is 13.1. The third-order valence-corrected chi connectivity index (χ3v) is 4.32. The van der Waals surface area contributed by atoms with Gasteiger partial charge in [-0.3, -0.25) is 4.99 Å². The number of rotatable bonds is 8. The fourth-order valence-corrected chi connectivity index (χ4v) is 2.85. The molecule has 6 heteroatoms. The first-order valence-corrected chi connectivity index (χ1v) is 8.87. The molecule has 0 amide bonds. The molecule has 0 fully saturated rings. The van der Waals surface area contributed by atoms with Crippen LogP contribution in [0.1, 0.15) is 11.1 Å². The molecule has 6 nitrogen and oxygen atoms in total. The highest BCUT2D eigenvalue weighted by atomic mass is 16.5. The van der Waals surface area contributed by atoms with Gasteiger partial charge in [-0.1, -0.05) is 12.1 Å². The lowest BCUT2D eigenvalue weighted by Crippen LogP contribution is -2.39. The minimum Gasteiger partial charge on any atom is -0.497 e. The number of benzene rings is 2. The van der Waals surface area contributed by atoms with Crippen LogP contribution in [0, 0.1) is 0 Å². The maximum Gasteiger partial charge on any atom is 0.193 e. The highest BCUT2D eigenvalue weighted by Gasteiger charge is 2.09. The third-order valence-electron chi connectivity index (χ3n) is 4.32. The van der Waals surface area contributed by atoms with Crippen LogP contribution in [-0.4, -0.2) is 52.8 Å². The molecule has 0 unspecified atom stereocenters. The zero-order chi connectivity index (χ0) is 19.6. The van der Waals surface area contributed by atoms with Crippen LogP contribution < -0.4 is 19.5 Å². The maximum absolute atomic E-state index is 5.44. The lowest BCUT2D eigenvalue weighted by molar-refractivity contribution is 0.398. The fraction of sp³-hybridized carbons (Fsp3) is 0.381. The van der Waals surface area contributed by atoms with Gasteiger partial charge in [-0.25, -0.2) is 0 Å². The smallest absolute Gasteiger partial charge is 0.193 e. The van der Waals surface area contributed by atoms with E-state index in [4.69, 9.17) is 14.2 Å². The summed E-state index contributed by atoms with van der Waals surface area (Å²) in [7, 11) is 8.83. The molecule has 0 radical (unpaired) electrons. The lowest BCUT2D eigenvalue weighted by atomic mass is 10.1. The molecule has 0 saturated heterocycles. The maximum atomic E-state index is 5.44. The highest BCUT2D eigenvalue weighted by Crippen LogP contribution is 2.24. The number of aliphatic imine (C=N–C) groups is 1. The van der Waals surface area contributed by atoms with E-state index in [2.05, 4.69) is 27.3 Å². The van der Waals surface area contributed by atoms with Crippen LogP contribution in [0.4, 0.5) is 0 Å². The van der Waals surface area contributed by atoms with Crippen molar-refractivity contribution in [1.29, 1.82) is 0 Å². The molecule has 0 aromatic heterocycles. The summed E-state index contributed by atoms with van der Waals surface area (Å²) in [5.41, 5.74) is 2.29. The number of nitrogens with one attached hydrogen (secondary N) is 1. The van der Waals surface area contributed by atoms with Crippen molar-refractivity contribution in [2.45, 2.75) is 13.0 Å². The molecule has 0 bridgehead atoms. The Kier molecular flexibility index (Phi) is 7.79. The van der Waals surface area contributed by atoms with E-state index >= 15 is 0 Å². The molecule has 2 rings (SSSR count). The Morgan fingerprint density at radius 2 is 1.63 bits per heavy atom. The van der Waals surface area contributed by atoms with Crippen LogP contribution in [-0.2, 0) is 13.0 Å². The largest absolute Gasteiger partial charge is 0.497 e. The lowest BCUT2D eigenvalue weighted by Gasteiger charge is -2.22. The summed E-state index contributed by atoms with van der Waals surface area (Å²) in [5, 5.41) is 3.40. The van der Waals surface area contributed by atoms with Crippen LogP contribution in [0.3, 0.4) is 0 Å². The summed E-state index contributed by atoms with van der Waals surface area (Å²) < 4.78 is 16.0. The van der Waals surface area contributed by atoms with E-state index in [0.29, 0.717) is 0 Å². The molecule has 1 N–H and O–H groups in total. The van der Waals surface area contributed by atoms with Crippen molar-refractivity contribution in [2.75, 3.05) is 42.0 Å². The third kappa shape index (κ3) is 5.81. The van der Waals surface area contributed by atoms with E-state index in [1.165, 1.54) is 5.56 Å². The van der Waals surface area contributed by atoms with Crippen molar-refractivity contribution in [2.24, 2.45) is 4.99 Å². The van der Waals surface area contributed by atoms with Crippen molar-refractivity contribution in [3.63, 3.8) is 0 Å². The number of guanidine groups is 1. The summed E-state index contributed by atoms with van der Waals surface area (Å²) in [5.74, 6) is 3.38. The Balaban J connectivity index is 1.93. The second kappa shape index (κ2) is 10.3. The summed E-state index contributed by atoms with van der Waals surface area (Å²) in [6.07, 6.45) is 0.801. The number of ether oxygens (including phenoxy) is 3. The standard InChI is InChI=1S/C21H29N3O3/c1-22-21(24(2)15-16-6-8-18(25-3)9-7-16)23-13-12-17-14-19(26-4)10-11-20(17)27-5/h6-11,14H,12-13,15H2,1-5H3,(H,22,23). The van der Waals surface area contributed by atoms with Gasteiger partial charge in [0.1, 0.15) is 17.2 Å². The van der Waals surface area contributed by atoms with E-state index in [1.807, 2.05) is 37.4 Å². The summed E-state index contributed by atoms with van der Waals surface area (Å²) in [6, 6.07) is 13.9. The number of methoxy groups -OCH3 is 3. The van der Waals surface area contributed by atoms with Crippen LogP contribution in [0.15, 0.2) is 47.5 Å². The monoisotopic (exact) mass is 371 g/mol. The van der Waals surface area contributed by atoms with E-state index in [-0.39, 0.29) is 0 Å². The van der Waals surface area contributed by atoms with Gasteiger partial charge in [0.25, 0.3) is 0 Å². The minimum absolute atomic E-state index is 0.739. The van der Waals surface area contributed by atoms with E-state index in [9.17, 15) is 0 Å². The van der Waals surface area contributed by atoms with Gasteiger partial charge in [-0.2, -0.15) is 0 Å². The number of nitrogens with zero attached hydrogens (tertiary/aromatic N) is 2. The predicted molar refractivity (Wildman–Crippen MR) is 109 cm³/mol. The van der Waals surface area contributed by atoms with Gasteiger partial charge in [0.2, 0.25) is 0 Å². The minimum atomic E-state index is 0.739. The van der Waals surface area contributed by atoms with Gasteiger partial charge in [0, 0.05) is 27.2 Å². The zero-order valence-corrected chi connectivity index (χ0v) is 16.8. The molecule has 2 aromatic carbocycles. The molecular formula is C21H29N3O3. The SMILES string of the molecule is CN=C(NCCc1cc(OC)ccc1OC)N(C)Cc1ccc(OC)cc1. The normalized spacial score (nSPS) is 11.1. The first-order valence-electron chi connectivity index (χ1n) is 8.87. The Bertz CT molecular complexity index is 745. The van der Waals surface area contributed by atoms with Crippen molar-refractivity contribution in [1.82, 2.24) is 10.2 Å². The Morgan fingerprint density at radius 1 is 0.963 bits per heavy atom. The number of hydrogen-bond acceptors (Lipinski definition) is 4. The second-order valence-electron chi connectivity index (χ2n) is 6.11. The van der Waals surface area contributed by atoms with Crippen LogP contribution in [0.5, 0.6) is 17.2 Å². The first kappa shape index (κ1) is 20.4. The Labute approximate surface area is 161 Å². The summed E-state index contributed by atoms with van der Waals surface area (Å²) in [6.45, 7) is 1.50. The molecule has 0 aliphatic heterocycles. The van der Waals surface area contributed by atoms with Gasteiger partial charge in [-0.05, 0) is 47.9 Å². The zero-order valence-electron chi connectivity index (χ0n) is 16.8. The number of hydrogen-bond donors (Lipinski definition) is 1. The average molecular weight is 371 g/mol. The van der Waals surface area contributed by atoms with Gasteiger partial charge in [-0.15, -0.1) is 0 Å². The summed E-state index contributed by atoms with van der Waals surface area (Å²) in [4.78, 5) is 6.46. The molecule has 27 heavy (non-hydrogen) atoms. The van der Waals surface area contributed by atoms with Crippen molar-refractivity contribution in [3.8, 4) is 17.2 Å². The van der Waals surface area contributed by atoms with Gasteiger partial charge < -0.3 is 24.4 Å². The Hall–Kier alpha value is -2.89. The Morgan fingerprint density at radius 3 is 2.22 bits per heavy atom. The van der Waals surface area contributed by atoms with Crippen molar-refractivity contribution < 1.29 is 14.2 Å². The fourth-order valence-electron chi connectivity index (χ4n) is 2.85. The average Bonchev–Trinajstić information content (AvgIpc) is 2.71. The molecule has 0 heterocycles. The van der Waals surface area contributed by atoms with Crippen LogP contribution in [0.2, 0.25) is 0 Å². The molecule has 146 valence electrons. The molecule has 0 saturated carbocycles. The van der Waals surface area contributed by atoms with E-state index < -0.39 is 0 Å². The summed E-state index contributed by atoms with van der Waals surface area (Å²) >= 11 is 0. The highest BCUT2D eigenvalue weighted by molar-refractivity contribution is 5.79. The second-order valence-corrected chi connectivity index (χ2v) is 6.11. The van der Waals surface area contributed by atoms with Gasteiger partial charge >= 0.3 is 0 Å². The molecule has 0 atom stereocenters. The van der Waals surface area contributed by atoms with Crippen LogP contribution >= 0.6 is 0 Å². The van der Waals surface area contributed by atoms with Crippen LogP contribution in [0.25, 0.3) is 0 Å². The van der Waals surface area contributed by atoms with E-state index in [0.717, 1.165) is 48.3 Å². The van der Waals surface area contributed by atoms with Gasteiger partial charge in [0.05, 0.1) is 21.3 Å².